The molecule has 2 aromatic carbocycles. The highest BCUT2D eigenvalue weighted by Gasteiger charge is 2.12. The Hall–Kier alpha value is -2.23. The SMILES string of the molecule is CC(C)c1ccccc1NC(=O)c1cc(F)cc(F)c1. The first-order valence-electron chi connectivity index (χ1n) is 6.33. The van der Waals surface area contributed by atoms with Crippen LogP contribution < -0.4 is 5.32 Å². The lowest BCUT2D eigenvalue weighted by Crippen LogP contribution is -2.14. The van der Waals surface area contributed by atoms with Gasteiger partial charge in [0.2, 0.25) is 0 Å². The zero-order valence-corrected chi connectivity index (χ0v) is 11.3. The fourth-order valence-corrected chi connectivity index (χ4v) is 1.99. The van der Waals surface area contributed by atoms with Crippen LogP contribution in [0.15, 0.2) is 42.5 Å². The molecule has 0 saturated heterocycles. The summed E-state index contributed by atoms with van der Waals surface area (Å²) in [6.07, 6.45) is 0. The van der Waals surface area contributed by atoms with Crippen LogP contribution in [0, 0.1) is 11.6 Å². The summed E-state index contributed by atoms with van der Waals surface area (Å²) in [5.74, 6) is -1.84. The summed E-state index contributed by atoms with van der Waals surface area (Å²) in [6.45, 7) is 4.01. The van der Waals surface area contributed by atoms with E-state index in [1.54, 1.807) is 12.1 Å². The largest absolute Gasteiger partial charge is 0.322 e. The van der Waals surface area contributed by atoms with Crippen LogP contribution in [0.2, 0.25) is 0 Å². The van der Waals surface area contributed by atoms with Gasteiger partial charge in [0.1, 0.15) is 11.6 Å². The molecule has 0 radical (unpaired) electrons. The van der Waals surface area contributed by atoms with Crippen molar-refractivity contribution in [3.05, 3.63) is 65.2 Å². The van der Waals surface area contributed by atoms with Gasteiger partial charge in [-0.1, -0.05) is 32.0 Å². The van der Waals surface area contributed by atoms with Gasteiger partial charge in [-0.3, -0.25) is 4.79 Å². The number of halogens is 2. The summed E-state index contributed by atoms with van der Waals surface area (Å²) in [6, 6.07) is 10.1. The van der Waals surface area contributed by atoms with Crippen LogP contribution in [0.4, 0.5) is 14.5 Å². The Labute approximate surface area is 116 Å². The maximum Gasteiger partial charge on any atom is 0.255 e. The molecule has 20 heavy (non-hydrogen) atoms. The Kier molecular flexibility index (Phi) is 4.13. The summed E-state index contributed by atoms with van der Waals surface area (Å²) in [5, 5.41) is 2.69. The van der Waals surface area contributed by atoms with E-state index in [4.69, 9.17) is 0 Å². The Morgan fingerprint density at radius 3 is 2.25 bits per heavy atom. The van der Waals surface area contributed by atoms with Crippen molar-refractivity contribution in [3.63, 3.8) is 0 Å². The van der Waals surface area contributed by atoms with Gasteiger partial charge in [-0.05, 0) is 29.7 Å². The van der Waals surface area contributed by atoms with Crippen LogP contribution in [-0.4, -0.2) is 5.91 Å². The number of anilines is 1. The summed E-state index contributed by atoms with van der Waals surface area (Å²) in [7, 11) is 0. The molecule has 0 aliphatic carbocycles. The van der Waals surface area contributed by atoms with Crippen molar-refractivity contribution < 1.29 is 13.6 Å². The Balaban J connectivity index is 2.28. The van der Waals surface area contributed by atoms with Crippen molar-refractivity contribution >= 4 is 11.6 Å². The molecule has 0 heterocycles. The van der Waals surface area contributed by atoms with Gasteiger partial charge in [0.15, 0.2) is 0 Å². The van der Waals surface area contributed by atoms with E-state index in [2.05, 4.69) is 5.32 Å². The molecule has 1 N–H and O–H groups in total. The number of amides is 1. The number of rotatable bonds is 3. The van der Waals surface area contributed by atoms with Crippen LogP contribution >= 0.6 is 0 Å². The molecule has 2 nitrogen and oxygen atoms in total. The highest BCUT2D eigenvalue weighted by atomic mass is 19.1. The van der Waals surface area contributed by atoms with Crippen molar-refractivity contribution in [1.82, 2.24) is 0 Å². The number of nitrogens with one attached hydrogen (secondary N) is 1. The normalized spacial score (nSPS) is 10.7. The summed E-state index contributed by atoms with van der Waals surface area (Å²) < 4.78 is 26.2. The minimum absolute atomic E-state index is 0.0407. The lowest BCUT2D eigenvalue weighted by atomic mass is 10.0. The van der Waals surface area contributed by atoms with E-state index in [0.717, 1.165) is 23.8 Å². The van der Waals surface area contributed by atoms with Crippen LogP contribution in [0.3, 0.4) is 0 Å². The molecule has 0 aliphatic rings. The monoisotopic (exact) mass is 275 g/mol. The van der Waals surface area contributed by atoms with Crippen LogP contribution in [0.25, 0.3) is 0 Å². The molecule has 2 rings (SSSR count). The fourth-order valence-electron chi connectivity index (χ4n) is 1.99. The maximum atomic E-state index is 13.1. The number of hydrogen-bond acceptors (Lipinski definition) is 1. The predicted octanol–water partition coefficient (Wildman–Crippen LogP) is 4.34. The lowest BCUT2D eigenvalue weighted by Gasteiger charge is -2.13. The van der Waals surface area contributed by atoms with E-state index >= 15 is 0 Å². The number of hydrogen-bond donors (Lipinski definition) is 1. The van der Waals surface area contributed by atoms with Crippen LogP contribution in [0.1, 0.15) is 35.7 Å². The second-order valence-electron chi connectivity index (χ2n) is 4.85. The van der Waals surface area contributed by atoms with Gasteiger partial charge in [0.25, 0.3) is 5.91 Å². The van der Waals surface area contributed by atoms with Crippen molar-refractivity contribution in [2.24, 2.45) is 0 Å². The van der Waals surface area contributed by atoms with Crippen molar-refractivity contribution in [2.75, 3.05) is 5.32 Å². The van der Waals surface area contributed by atoms with Gasteiger partial charge in [-0.15, -0.1) is 0 Å². The highest BCUT2D eigenvalue weighted by Crippen LogP contribution is 2.24. The molecule has 0 aliphatic heterocycles. The predicted molar refractivity (Wildman–Crippen MR) is 74.8 cm³/mol. The maximum absolute atomic E-state index is 13.1. The highest BCUT2D eigenvalue weighted by molar-refractivity contribution is 6.04. The molecular weight excluding hydrogens is 260 g/mol. The Morgan fingerprint density at radius 1 is 1.05 bits per heavy atom. The minimum Gasteiger partial charge on any atom is -0.322 e. The molecule has 104 valence electrons. The van der Waals surface area contributed by atoms with E-state index in [-0.39, 0.29) is 11.5 Å². The first-order chi connectivity index (χ1) is 9.47. The summed E-state index contributed by atoms with van der Waals surface area (Å²) in [4.78, 5) is 12.0. The quantitative estimate of drug-likeness (QED) is 0.887. The number of carbonyl (C=O) groups excluding carboxylic acids is 1. The van der Waals surface area contributed by atoms with Crippen molar-refractivity contribution in [2.45, 2.75) is 19.8 Å². The first-order valence-corrected chi connectivity index (χ1v) is 6.33. The van der Waals surface area contributed by atoms with E-state index in [9.17, 15) is 13.6 Å². The number of benzene rings is 2. The molecule has 0 saturated carbocycles. The molecule has 4 heteroatoms. The molecule has 0 aromatic heterocycles. The van der Waals surface area contributed by atoms with Gasteiger partial charge in [-0.25, -0.2) is 8.78 Å². The Bertz CT molecular complexity index is 618. The van der Waals surface area contributed by atoms with Gasteiger partial charge in [0.05, 0.1) is 0 Å². The molecule has 1 amide bonds. The van der Waals surface area contributed by atoms with Crippen LogP contribution in [0.5, 0.6) is 0 Å². The third-order valence-corrected chi connectivity index (χ3v) is 2.96. The van der Waals surface area contributed by atoms with Gasteiger partial charge in [0, 0.05) is 17.3 Å². The lowest BCUT2D eigenvalue weighted by molar-refractivity contribution is 0.102. The first kappa shape index (κ1) is 14.2. The van der Waals surface area contributed by atoms with Gasteiger partial charge < -0.3 is 5.32 Å². The van der Waals surface area contributed by atoms with Gasteiger partial charge in [-0.2, -0.15) is 0 Å². The van der Waals surface area contributed by atoms with E-state index in [1.807, 2.05) is 26.0 Å². The third kappa shape index (κ3) is 3.20. The number of para-hydroxylation sites is 1. The standard InChI is InChI=1S/C16H15F2NO/c1-10(2)14-5-3-4-6-15(14)19-16(20)11-7-12(17)9-13(18)8-11/h3-10H,1-2H3,(H,19,20). The molecule has 0 bridgehead atoms. The second-order valence-corrected chi connectivity index (χ2v) is 4.85. The average molecular weight is 275 g/mol. The number of carbonyl (C=O) groups is 1. The summed E-state index contributed by atoms with van der Waals surface area (Å²) in [5.41, 5.74) is 1.58. The summed E-state index contributed by atoms with van der Waals surface area (Å²) >= 11 is 0. The fraction of sp³-hybridized carbons (Fsp3) is 0.188. The van der Waals surface area contributed by atoms with Crippen molar-refractivity contribution in [3.8, 4) is 0 Å². The van der Waals surface area contributed by atoms with Crippen LogP contribution in [-0.2, 0) is 0 Å². The average Bonchev–Trinajstić information content (AvgIpc) is 2.37. The molecule has 2 aromatic rings. The smallest absolute Gasteiger partial charge is 0.255 e. The third-order valence-electron chi connectivity index (χ3n) is 2.96. The second kappa shape index (κ2) is 5.82. The molecule has 0 unspecified atom stereocenters. The van der Waals surface area contributed by atoms with E-state index in [0.29, 0.717) is 5.69 Å². The van der Waals surface area contributed by atoms with E-state index in [1.165, 1.54) is 0 Å². The van der Waals surface area contributed by atoms with Gasteiger partial charge >= 0.3 is 0 Å². The zero-order chi connectivity index (χ0) is 14.7. The van der Waals surface area contributed by atoms with Crippen molar-refractivity contribution in [1.29, 1.82) is 0 Å². The topological polar surface area (TPSA) is 29.1 Å². The van der Waals surface area contributed by atoms with E-state index < -0.39 is 17.5 Å². The zero-order valence-electron chi connectivity index (χ0n) is 11.3. The molecule has 0 atom stereocenters. The Morgan fingerprint density at radius 2 is 1.65 bits per heavy atom. The molecule has 0 spiro atoms. The molecule has 0 fully saturated rings. The molecular formula is C16H15F2NO. The minimum atomic E-state index is -0.771.